The van der Waals surface area contributed by atoms with Crippen LogP contribution in [0.15, 0.2) is 30.3 Å². The molecule has 0 aliphatic carbocycles. The molecule has 0 saturated carbocycles. The number of rotatable bonds is 10. The Morgan fingerprint density at radius 1 is 1.07 bits per heavy atom. The maximum Gasteiger partial charge on any atom is 0.305 e. The highest BCUT2D eigenvalue weighted by molar-refractivity contribution is 5.98. The van der Waals surface area contributed by atoms with Gasteiger partial charge in [0.2, 0.25) is 5.78 Å². The van der Waals surface area contributed by atoms with Gasteiger partial charge in [0.1, 0.15) is 6.54 Å². The Labute approximate surface area is 178 Å². The number of aryl methyl sites for hydroxylation is 2. The quantitative estimate of drug-likeness (QED) is 0.458. The van der Waals surface area contributed by atoms with Crippen LogP contribution in [0, 0.1) is 20.8 Å². The van der Waals surface area contributed by atoms with Crippen molar-refractivity contribution < 1.29 is 24.0 Å². The molecule has 0 radical (unpaired) electrons. The summed E-state index contributed by atoms with van der Waals surface area (Å²) in [4.78, 5) is 37.2. The van der Waals surface area contributed by atoms with Gasteiger partial charge in [-0.3, -0.25) is 14.4 Å². The molecule has 1 atom stereocenters. The van der Waals surface area contributed by atoms with Gasteiger partial charge in [-0.05, 0) is 45.4 Å². The molecule has 30 heavy (non-hydrogen) atoms. The second-order valence-electron chi connectivity index (χ2n) is 7.76. The van der Waals surface area contributed by atoms with E-state index in [2.05, 4.69) is 14.6 Å². The number of hydrogen-bond donors (Lipinski definition) is 2. The Hall–Kier alpha value is -2.93. The van der Waals surface area contributed by atoms with Crippen molar-refractivity contribution in [2.45, 2.75) is 40.2 Å². The minimum Gasteiger partial charge on any atom is -0.469 e. The van der Waals surface area contributed by atoms with E-state index in [4.69, 9.17) is 0 Å². The number of likely N-dealkylation sites (N-methyl/N-ethyl adjacent to an activating group) is 1. The third-order valence-electron chi connectivity index (χ3n) is 5.12. The molecule has 1 aromatic carbocycles. The average molecular weight is 415 g/mol. The lowest BCUT2D eigenvalue weighted by atomic mass is 10.1. The summed E-state index contributed by atoms with van der Waals surface area (Å²) in [6, 6.07) is 9.49. The van der Waals surface area contributed by atoms with Crippen molar-refractivity contribution >= 4 is 23.3 Å². The van der Waals surface area contributed by atoms with Gasteiger partial charge in [-0.15, -0.1) is 0 Å². The number of aromatic nitrogens is 1. The minimum absolute atomic E-state index is 0.00274. The van der Waals surface area contributed by atoms with Crippen molar-refractivity contribution in [1.29, 1.82) is 0 Å². The van der Waals surface area contributed by atoms with Crippen molar-refractivity contribution in [3.8, 4) is 0 Å². The summed E-state index contributed by atoms with van der Waals surface area (Å²) >= 11 is 0. The fraction of sp³-hybridized carbons (Fsp3) is 0.435. The van der Waals surface area contributed by atoms with E-state index in [-0.39, 0.29) is 30.7 Å². The number of carbonyl (C=O) groups excluding carboxylic acids is 3. The van der Waals surface area contributed by atoms with Gasteiger partial charge in [-0.25, -0.2) is 0 Å². The Balaban J connectivity index is 1.91. The summed E-state index contributed by atoms with van der Waals surface area (Å²) in [6.07, 6.45) is 1.00. The number of anilines is 1. The van der Waals surface area contributed by atoms with Gasteiger partial charge in [0.25, 0.3) is 5.91 Å². The van der Waals surface area contributed by atoms with Crippen LogP contribution in [0.4, 0.5) is 5.69 Å². The van der Waals surface area contributed by atoms with Crippen LogP contribution in [-0.4, -0.2) is 49.5 Å². The lowest BCUT2D eigenvalue weighted by molar-refractivity contribution is -0.861. The number of hydrogen-bond acceptors (Lipinski definition) is 4. The Morgan fingerprint density at radius 2 is 1.73 bits per heavy atom. The molecule has 0 saturated heterocycles. The summed E-state index contributed by atoms with van der Waals surface area (Å²) in [5, 5.41) is 2.86. The van der Waals surface area contributed by atoms with Crippen molar-refractivity contribution in [2.24, 2.45) is 0 Å². The first-order valence-corrected chi connectivity index (χ1v) is 10.2. The molecular formula is C23H32N3O4+. The molecule has 2 N–H and O–H groups in total. The minimum atomic E-state index is -0.233. The largest absolute Gasteiger partial charge is 0.469 e. The number of benzene rings is 1. The maximum atomic E-state index is 12.8. The van der Waals surface area contributed by atoms with Gasteiger partial charge in [-0.1, -0.05) is 17.7 Å². The number of ether oxygens (including phenoxy) is 1. The highest BCUT2D eigenvalue weighted by Crippen LogP contribution is 2.16. The van der Waals surface area contributed by atoms with Gasteiger partial charge in [-0.2, -0.15) is 0 Å². The van der Waals surface area contributed by atoms with E-state index in [0.29, 0.717) is 24.9 Å². The van der Waals surface area contributed by atoms with E-state index in [9.17, 15) is 14.4 Å². The van der Waals surface area contributed by atoms with Gasteiger partial charge in [0.15, 0.2) is 6.54 Å². The number of esters is 1. The molecule has 162 valence electrons. The van der Waals surface area contributed by atoms with E-state index < -0.39 is 0 Å². The molecule has 7 nitrogen and oxygen atoms in total. The molecule has 0 fully saturated rings. The second-order valence-corrected chi connectivity index (χ2v) is 7.76. The first-order chi connectivity index (χ1) is 14.2. The van der Waals surface area contributed by atoms with Gasteiger partial charge in [0.05, 0.1) is 14.2 Å². The SMILES string of the molecule is COC(=O)CCCn1c(C)cc(C(=O)C[NH+](C)CC(=O)Nc2ccc(C)cc2)c1C. The zero-order valence-electron chi connectivity index (χ0n) is 18.5. The van der Waals surface area contributed by atoms with E-state index in [1.54, 1.807) is 0 Å². The topological polar surface area (TPSA) is 81.8 Å². The van der Waals surface area contributed by atoms with Crippen LogP contribution in [-0.2, 0) is 20.9 Å². The van der Waals surface area contributed by atoms with Crippen molar-refractivity contribution in [3.63, 3.8) is 0 Å². The molecule has 0 aliphatic rings. The standard InChI is InChI=1S/C23H31N3O4/c1-16-8-10-19(11-9-16)24-22(28)15-25(4)14-21(27)20-13-17(2)26(18(20)3)12-6-7-23(29)30-5/h8-11,13H,6-7,12,14-15H2,1-5H3,(H,24,28)/p+1. The van der Waals surface area contributed by atoms with Crippen LogP contribution in [0.3, 0.4) is 0 Å². The summed E-state index contributed by atoms with van der Waals surface area (Å²) in [7, 11) is 3.22. The van der Waals surface area contributed by atoms with Crippen LogP contribution in [0.1, 0.15) is 40.2 Å². The lowest BCUT2D eigenvalue weighted by Crippen LogP contribution is -3.11. The third kappa shape index (κ3) is 6.56. The molecule has 1 unspecified atom stereocenters. The number of amides is 1. The fourth-order valence-electron chi connectivity index (χ4n) is 3.46. The molecular weight excluding hydrogens is 382 g/mol. The molecule has 7 heteroatoms. The Kier molecular flexibility index (Phi) is 8.35. The van der Waals surface area contributed by atoms with Crippen molar-refractivity contribution in [2.75, 3.05) is 32.6 Å². The highest BCUT2D eigenvalue weighted by atomic mass is 16.5. The van der Waals surface area contributed by atoms with Crippen LogP contribution in [0.5, 0.6) is 0 Å². The van der Waals surface area contributed by atoms with Crippen LogP contribution < -0.4 is 10.2 Å². The first kappa shape index (κ1) is 23.3. The molecule has 0 aliphatic heterocycles. The summed E-state index contributed by atoms with van der Waals surface area (Å²) < 4.78 is 6.72. The predicted molar refractivity (Wildman–Crippen MR) is 116 cm³/mol. The number of quaternary nitrogens is 1. The number of methoxy groups -OCH3 is 1. The molecule has 1 heterocycles. The van der Waals surface area contributed by atoms with Gasteiger partial charge < -0.3 is 19.5 Å². The van der Waals surface area contributed by atoms with E-state index in [1.807, 2.05) is 58.2 Å². The van der Waals surface area contributed by atoms with Crippen LogP contribution in [0.25, 0.3) is 0 Å². The third-order valence-corrected chi connectivity index (χ3v) is 5.12. The number of ketones is 1. The van der Waals surface area contributed by atoms with E-state index in [1.165, 1.54) is 7.11 Å². The number of carbonyl (C=O) groups is 3. The monoisotopic (exact) mass is 414 g/mol. The maximum absolute atomic E-state index is 12.8. The molecule has 1 aromatic heterocycles. The lowest BCUT2D eigenvalue weighted by Gasteiger charge is -2.14. The zero-order chi connectivity index (χ0) is 22.3. The van der Waals surface area contributed by atoms with Gasteiger partial charge in [0, 0.05) is 35.6 Å². The summed E-state index contributed by atoms with van der Waals surface area (Å²) in [5.41, 5.74) is 4.42. The predicted octanol–water partition coefficient (Wildman–Crippen LogP) is 1.70. The summed E-state index contributed by atoms with van der Waals surface area (Å²) in [5.74, 6) is -0.358. The summed E-state index contributed by atoms with van der Waals surface area (Å²) in [6.45, 7) is 6.95. The van der Waals surface area contributed by atoms with E-state index in [0.717, 1.165) is 27.5 Å². The zero-order valence-corrected chi connectivity index (χ0v) is 18.5. The van der Waals surface area contributed by atoms with Crippen molar-refractivity contribution in [3.05, 3.63) is 52.8 Å². The highest BCUT2D eigenvalue weighted by Gasteiger charge is 2.20. The average Bonchev–Trinajstić information content (AvgIpc) is 2.97. The normalized spacial score (nSPS) is 11.8. The first-order valence-electron chi connectivity index (χ1n) is 10.2. The molecule has 2 aromatic rings. The number of Topliss-reactive ketones (excluding diaryl/α,β-unsaturated/α-hetero) is 1. The second kappa shape index (κ2) is 10.7. The number of nitrogens with zero attached hydrogens (tertiary/aromatic N) is 1. The fourth-order valence-corrected chi connectivity index (χ4v) is 3.46. The molecule has 2 rings (SSSR count). The van der Waals surface area contributed by atoms with Crippen molar-refractivity contribution in [1.82, 2.24) is 4.57 Å². The van der Waals surface area contributed by atoms with Crippen LogP contribution >= 0.6 is 0 Å². The molecule has 1 amide bonds. The van der Waals surface area contributed by atoms with Gasteiger partial charge >= 0.3 is 5.97 Å². The smallest absolute Gasteiger partial charge is 0.305 e. The van der Waals surface area contributed by atoms with Crippen LogP contribution in [0.2, 0.25) is 0 Å². The number of nitrogens with one attached hydrogen (secondary N) is 2. The molecule has 0 spiro atoms. The Morgan fingerprint density at radius 3 is 2.37 bits per heavy atom. The molecule has 0 bridgehead atoms. The van der Waals surface area contributed by atoms with E-state index >= 15 is 0 Å². The Bertz CT molecular complexity index is 900.